The lowest BCUT2D eigenvalue weighted by Gasteiger charge is -2.22. The summed E-state index contributed by atoms with van der Waals surface area (Å²) in [5.74, 6) is 1.15. The second-order valence-corrected chi connectivity index (χ2v) is 5.59. The van der Waals surface area contributed by atoms with E-state index in [0.29, 0.717) is 0 Å². The lowest BCUT2D eigenvalue weighted by atomic mass is 10.2. The maximum Gasteiger partial charge on any atom is 0.135 e. The molecule has 1 aromatic carbocycles. The number of rotatable bonds is 6. The number of benzene rings is 1. The first-order valence-electron chi connectivity index (χ1n) is 7.58. The van der Waals surface area contributed by atoms with Crippen LogP contribution in [0.2, 0.25) is 0 Å². The molecule has 0 radical (unpaired) electrons. The van der Waals surface area contributed by atoms with E-state index in [1.165, 1.54) is 16.8 Å². The second kappa shape index (κ2) is 6.76. The molecule has 2 aromatic rings. The minimum atomic E-state index is 0.860. The maximum absolute atomic E-state index is 4.59. The summed E-state index contributed by atoms with van der Waals surface area (Å²) in [5, 5.41) is 8.08. The molecule has 0 spiro atoms. The number of anilines is 2. The van der Waals surface area contributed by atoms with E-state index in [2.05, 4.69) is 67.4 Å². The zero-order valence-electron chi connectivity index (χ0n) is 13.8. The summed E-state index contributed by atoms with van der Waals surface area (Å²) in [4.78, 5) is 2.22. The molecule has 0 bridgehead atoms. The summed E-state index contributed by atoms with van der Waals surface area (Å²) in [5.41, 5.74) is 4.82. The molecule has 0 aliphatic heterocycles. The molecule has 1 aromatic heterocycles. The van der Waals surface area contributed by atoms with Gasteiger partial charge in [0.1, 0.15) is 5.82 Å². The summed E-state index contributed by atoms with van der Waals surface area (Å²) in [6.45, 7) is 8.27. The molecule has 1 N–H and O–H groups in total. The third-order valence-electron chi connectivity index (χ3n) is 3.75. The van der Waals surface area contributed by atoms with Gasteiger partial charge in [0.2, 0.25) is 0 Å². The molecule has 0 fully saturated rings. The molecule has 2 rings (SSSR count). The lowest BCUT2D eigenvalue weighted by Crippen LogP contribution is -2.19. The third-order valence-corrected chi connectivity index (χ3v) is 3.75. The molecule has 4 heteroatoms. The van der Waals surface area contributed by atoms with Gasteiger partial charge in [-0.25, -0.2) is 0 Å². The fourth-order valence-corrected chi connectivity index (χ4v) is 2.67. The predicted molar refractivity (Wildman–Crippen MR) is 89.2 cm³/mol. The quantitative estimate of drug-likeness (QED) is 0.827. The van der Waals surface area contributed by atoms with Crippen molar-refractivity contribution in [1.82, 2.24) is 15.1 Å². The highest BCUT2D eigenvalue weighted by molar-refractivity contribution is 5.64. The summed E-state index contributed by atoms with van der Waals surface area (Å²) >= 11 is 0. The Morgan fingerprint density at radius 2 is 2.05 bits per heavy atom. The predicted octanol–water partition coefficient (Wildman–Crippen LogP) is 3.30. The average Bonchev–Trinajstić information content (AvgIpc) is 2.73. The Bertz CT molecular complexity index is 601. The number of aryl methyl sites for hydroxylation is 3. The molecule has 1 heterocycles. The van der Waals surface area contributed by atoms with E-state index in [1.54, 1.807) is 0 Å². The highest BCUT2D eigenvalue weighted by atomic mass is 15.4. The van der Waals surface area contributed by atoms with Crippen LogP contribution in [0.3, 0.4) is 0 Å². The smallest absolute Gasteiger partial charge is 0.135 e. The van der Waals surface area contributed by atoms with Gasteiger partial charge in [0.25, 0.3) is 0 Å². The minimum absolute atomic E-state index is 0.860. The van der Waals surface area contributed by atoms with Crippen molar-refractivity contribution in [3.8, 4) is 0 Å². The van der Waals surface area contributed by atoms with Crippen LogP contribution in [0.15, 0.2) is 24.3 Å². The van der Waals surface area contributed by atoms with E-state index in [-0.39, 0.29) is 0 Å². The molecular weight excluding hydrogens is 260 g/mol. The van der Waals surface area contributed by atoms with Gasteiger partial charge in [-0.3, -0.25) is 4.68 Å². The summed E-state index contributed by atoms with van der Waals surface area (Å²) < 4.78 is 1.97. The van der Waals surface area contributed by atoms with Crippen LogP contribution in [0.5, 0.6) is 0 Å². The summed E-state index contributed by atoms with van der Waals surface area (Å²) in [6.07, 6.45) is 1.14. The standard InChI is InChI=1S/C17H26N4/c1-6-10-18-12-16-14(3)19-21(5)17(16)20(4)15-9-7-8-13(2)11-15/h7-9,11,18H,6,10,12H2,1-5H3. The van der Waals surface area contributed by atoms with Crippen LogP contribution in [0.4, 0.5) is 11.5 Å². The number of aromatic nitrogens is 2. The molecule has 0 aliphatic carbocycles. The molecule has 114 valence electrons. The molecule has 0 aliphatic rings. The van der Waals surface area contributed by atoms with Crippen LogP contribution in [-0.2, 0) is 13.6 Å². The van der Waals surface area contributed by atoms with Crippen LogP contribution >= 0.6 is 0 Å². The molecular formula is C17H26N4. The van der Waals surface area contributed by atoms with Crippen molar-refractivity contribution in [2.45, 2.75) is 33.7 Å². The van der Waals surface area contributed by atoms with E-state index in [4.69, 9.17) is 0 Å². The molecule has 0 unspecified atom stereocenters. The SMILES string of the molecule is CCCNCc1c(C)nn(C)c1N(C)c1cccc(C)c1. The van der Waals surface area contributed by atoms with Crippen molar-refractivity contribution in [2.24, 2.45) is 7.05 Å². The Morgan fingerprint density at radius 3 is 2.71 bits per heavy atom. The Kier molecular flexibility index (Phi) is 5.02. The van der Waals surface area contributed by atoms with E-state index in [0.717, 1.165) is 31.0 Å². The molecule has 0 saturated carbocycles. The highest BCUT2D eigenvalue weighted by Gasteiger charge is 2.17. The summed E-state index contributed by atoms with van der Waals surface area (Å²) in [7, 11) is 4.12. The Labute approximate surface area is 127 Å². The number of nitrogens with zero attached hydrogens (tertiary/aromatic N) is 3. The van der Waals surface area contributed by atoms with Crippen LogP contribution < -0.4 is 10.2 Å². The van der Waals surface area contributed by atoms with Gasteiger partial charge in [0.05, 0.1) is 5.69 Å². The van der Waals surface area contributed by atoms with Crippen molar-refractivity contribution in [3.05, 3.63) is 41.1 Å². The summed E-state index contributed by atoms with van der Waals surface area (Å²) in [6, 6.07) is 8.55. The Hall–Kier alpha value is -1.81. The Balaban J connectivity index is 2.33. The van der Waals surface area contributed by atoms with Crippen LogP contribution in [0.1, 0.15) is 30.2 Å². The fourth-order valence-electron chi connectivity index (χ4n) is 2.67. The molecule has 0 atom stereocenters. The van der Waals surface area contributed by atoms with E-state index in [9.17, 15) is 0 Å². The maximum atomic E-state index is 4.59. The second-order valence-electron chi connectivity index (χ2n) is 5.59. The van der Waals surface area contributed by atoms with Gasteiger partial charge in [-0.05, 0) is 44.5 Å². The van der Waals surface area contributed by atoms with Crippen molar-refractivity contribution in [1.29, 1.82) is 0 Å². The van der Waals surface area contributed by atoms with Gasteiger partial charge in [-0.1, -0.05) is 19.1 Å². The van der Waals surface area contributed by atoms with Crippen LogP contribution in [-0.4, -0.2) is 23.4 Å². The van der Waals surface area contributed by atoms with Crippen LogP contribution in [0.25, 0.3) is 0 Å². The molecule has 0 saturated heterocycles. The van der Waals surface area contributed by atoms with Crippen molar-refractivity contribution in [3.63, 3.8) is 0 Å². The largest absolute Gasteiger partial charge is 0.329 e. The first kappa shape index (κ1) is 15.6. The first-order chi connectivity index (χ1) is 10.0. The van der Waals surface area contributed by atoms with Crippen molar-refractivity contribution < 1.29 is 0 Å². The molecule has 21 heavy (non-hydrogen) atoms. The number of nitrogens with one attached hydrogen (secondary N) is 1. The minimum Gasteiger partial charge on any atom is -0.329 e. The molecule has 4 nitrogen and oxygen atoms in total. The normalized spacial score (nSPS) is 10.9. The first-order valence-corrected chi connectivity index (χ1v) is 7.58. The van der Waals surface area contributed by atoms with Crippen LogP contribution in [0, 0.1) is 13.8 Å². The monoisotopic (exact) mass is 286 g/mol. The van der Waals surface area contributed by atoms with Crippen molar-refractivity contribution in [2.75, 3.05) is 18.5 Å². The fraction of sp³-hybridized carbons (Fsp3) is 0.471. The Morgan fingerprint density at radius 1 is 1.29 bits per heavy atom. The van der Waals surface area contributed by atoms with Gasteiger partial charge < -0.3 is 10.2 Å². The lowest BCUT2D eigenvalue weighted by molar-refractivity contribution is 0.672. The van der Waals surface area contributed by atoms with Gasteiger partial charge in [-0.15, -0.1) is 0 Å². The van der Waals surface area contributed by atoms with E-state index in [1.807, 2.05) is 11.7 Å². The van der Waals surface area contributed by atoms with Gasteiger partial charge in [-0.2, -0.15) is 5.10 Å². The third kappa shape index (κ3) is 3.45. The zero-order valence-corrected chi connectivity index (χ0v) is 13.8. The number of hydrogen-bond donors (Lipinski definition) is 1. The average molecular weight is 286 g/mol. The van der Waals surface area contributed by atoms with E-state index >= 15 is 0 Å². The van der Waals surface area contributed by atoms with Crippen molar-refractivity contribution >= 4 is 11.5 Å². The molecule has 0 amide bonds. The number of hydrogen-bond acceptors (Lipinski definition) is 3. The van der Waals surface area contributed by atoms with Gasteiger partial charge in [0.15, 0.2) is 0 Å². The highest BCUT2D eigenvalue weighted by Crippen LogP contribution is 2.29. The topological polar surface area (TPSA) is 33.1 Å². The van der Waals surface area contributed by atoms with E-state index < -0.39 is 0 Å². The van der Waals surface area contributed by atoms with Gasteiger partial charge in [0, 0.05) is 31.9 Å². The van der Waals surface area contributed by atoms with Gasteiger partial charge >= 0.3 is 0 Å². The zero-order chi connectivity index (χ0) is 15.4.